The molecular formula is C16H18N2O3. The summed E-state index contributed by atoms with van der Waals surface area (Å²) in [6, 6.07) is 12.5. The van der Waals surface area contributed by atoms with Crippen LogP contribution in [-0.4, -0.2) is 4.92 Å². The van der Waals surface area contributed by atoms with E-state index in [0.717, 1.165) is 5.75 Å². The Morgan fingerprint density at radius 2 is 1.86 bits per heavy atom. The second kappa shape index (κ2) is 6.26. The van der Waals surface area contributed by atoms with Gasteiger partial charge in [-0.3, -0.25) is 10.1 Å². The van der Waals surface area contributed by atoms with Crippen molar-refractivity contribution in [3.8, 4) is 5.75 Å². The van der Waals surface area contributed by atoms with Gasteiger partial charge in [-0.05, 0) is 35.2 Å². The minimum absolute atomic E-state index is 0.0914. The third kappa shape index (κ3) is 3.72. The fraction of sp³-hybridized carbons (Fsp3) is 0.250. The summed E-state index contributed by atoms with van der Waals surface area (Å²) in [4.78, 5) is 10.3. The van der Waals surface area contributed by atoms with Crippen LogP contribution in [0.4, 0.5) is 11.4 Å². The first kappa shape index (κ1) is 14.8. The highest BCUT2D eigenvalue weighted by Crippen LogP contribution is 2.24. The Hall–Kier alpha value is -2.56. The number of benzene rings is 2. The normalized spacial score (nSPS) is 10.6. The highest BCUT2D eigenvalue weighted by molar-refractivity contribution is 5.59. The van der Waals surface area contributed by atoms with Crippen LogP contribution in [0.1, 0.15) is 30.9 Å². The molecule has 2 N–H and O–H groups in total. The lowest BCUT2D eigenvalue weighted by Gasteiger charge is -2.09. The predicted molar refractivity (Wildman–Crippen MR) is 82.4 cm³/mol. The van der Waals surface area contributed by atoms with E-state index in [1.54, 1.807) is 6.07 Å². The molecule has 2 aromatic carbocycles. The van der Waals surface area contributed by atoms with Gasteiger partial charge in [0.2, 0.25) is 0 Å². The van der Waals surface area contributed by atoms with E-state index >= 15 is 0 Å². The number of anilines is 1. The van der Waals surface area contributed by atoms with Gasteiger partial charge in [-0.1, -0.05) is 32.0 Å². The molecule has 0 saturated carbocycles. The molecule has 2 aromatic rings. The second-order valence-electron chi connectivity index (χ2n) is 5.16. The number of ether oxygens (including phenoxy) is 1. The van der Waals surface area contributed by atoms with Crippen LogP contribution < -0.4 is 10.5 Å². The quantitative estimate of drug-likeness (QED) is 0.514. The fourth-order valence-corrected chi connectivity index (χ4v) is 1.95. The molecule has 0 radical (unpaired) electrons. The summed E-state index contributed by atoms with van der Waals surface area (Å²) < 4.78 is 5.64. The summed E-state index contributed by atoms with van der Waals surface area (Å²) in [5.74, 6) is 1.21. The number of nitrogen functional groups attached to an aromatic ring is 1. The maximum atomic E-state index is 10.8. The third-order valence-electron chi connectivity index (χ3n) is 3.24. The van der Waals surface area contributed by atoms with Crippen molar-refractivity contribution in [1.29, 1.82) is 0 Å². The number of hydrogen-bond donors (Lipinski definition) is 1. The summed E-state index contributed by atoms with van der Waals surface area (Å²) in [6.45, 7) is 4.52. The second-order valence-corrected chi connectivity index (χ2v) is 5.16. The Kier molecular flexibility index (Phi) is 4.42. The summed E-state index contributed by atoms with van der Waals surface area (Å²) >= 11 is 0. The molecule has 0 aliphatic rings. The summed E-state index contributed by atoms with van der Waals surface area (Å²) in [5.41, 5.74) is 7.58. The smallest absolute Gasteiger partial charge is 0.292 e. The molecule has 0 saturated heterocycles. The Labute approximate surface area is 123 Å². The van der Waals surface area contributed by atoms with Crippen LogP contribution in [0.25, 0.3) is 0 Å². The fourth-order valence-electron chi connectivity index (χ4n) is 1.95. The van der Waals surface area contributed by atoms with E-state index < -0.39 is 4.92 Å². The van der Waals surface area contributed by atoms with E-state index in [4.69, 9.17) is 10.5 Å². The molecule has 5 heteroatoms. The Morgan fingerprint density at radius 3 is 2.43 bits per heavy atom. The van der Waals surface area contributed by atoms with Gasteiger partial charge in [0.05, 0.1) is 4.92 Å². The molecule has 0 spiro atoms. The van der Waals surface area contributed by atoms with Crippen LogP contribution in [-0.2, 0) is 6.61 Å². The molecule has 0 aliphatic heterocycles. The van der Waals surface area contributed by atoms with E-state index in [2.05, 4.69) is 13.8 Å². The van der Waals surface area contributed by atoms with Crippen LogP contribution in [0.3, 0.4) is 0 Å². The molecule has 110 valence electrons. The van der Waals surface area contributed by atoms with Gasteiger partial charge in [0.15, 0.2) is 0 Å². The lowest BCUT2D eigenvalue weighted by Crippen LogP contribution is -2.00. The Morgan fingerprint density at radius 1 is 1.19 bits per heavy atom. The first-order valence-corrected chi connectivity index (χ1v) is 6.73. The SMILES string of the molecule is CC(C)c1ccc(OCc2ccc(N)c([N+](=O)[O-])c2)cc1. The summed E-state index contributed by atoms with van der Waals surface area (Å²) in [7, 11) is 0. The maximum Gasteiger partial charge on any atom is 0.292 e. The van der Waals surface area contributed by atoms with Crippen LogP contribution in [0.5, 0.6) is 5.75 Å². The third-order valence-corrected chi connectivity index (χ3v) is 3.24. The van der Waals surface area contributed by atoms with Crippen molar-refractivity contribution in [2.75, 3.05) is 5.73 Å². The van der Waals surface area contributed by atoms with Crippen molar-refractivity contribution in [3.05, 3.63) is 63.7 Å². The van der Waals surface area contributed by atoms with E-state index in [1.807, 2.05) is 24.3 Å². The average Bonchev–Trinajstić information content (AvgIpc) is 2.46. The van der Waals surface area contributed by atoms with Crippen molar-refractivity contribution in [2.24, 2.45) is 0 Å². The molecule has 0 bridgehead atoms. The molecule has 0 amide bonds. The molecule has 0 aromatic heterocycles. The van der Waals surface area contributed by atoms with Crippen LogP contribution >= 0.6 is 0 Å². The van der Waals surface area contributed by atoms with E-state index in [1.165, 1.54) is 17.7 Å². The molecule has 21 heavy (non-hydrogen) atoms. The number of nitrogens with two attached hydrogens (primary N) is 1. The number of nitrogens with zero attached hydrogens (tertiary/aromatic N) is 1. The molecular weight excluding hydrogens is 268 g/mol. The summed E-state index contributed by atoms with van der Waals surface area (Å²) in [6.07, 6.45) is 0. The maximum absolute atomic E-state index is 10.8. The lowest BCUT2D eigenvalue weighted by molar-refractivity contribution is -0.384. The molecule has 2 rings (SSSR count). The average molecular weight is 286 g/mol. The van der Waals surface area contributed by atoms with Gasteiger partial charge in [0.25, 0.3) is 5.69 Å². The first-order chi connectivity index (χ1) is 9.97. The Bertz CT molecular complexity index is 636. The van der Waals surface area contributed by atoms with Gasteiger partial charge >= 0.3 is 0 Å². The van der Waals surface area contributed by atoms with Crippen molar-refractivity contribution >= 4 is 11.4 Å². The highest BCUT2D eigenvalue weighted by Gasteiger charge is 2.12. The largest absolute Gasteiger partial charge is 0.489 e. The molecule has 0 unspecified atom stereocenters. The first-order valence-electron chi connectivity index (χ1n) is 6.73. The topological polar surface area (TPSA) is 78.4 Å². The van der Waals surface area contributed by atoms with Gasteiger partial charge < -0.3 is 10.5 Å². The number of nitro benzene ring substituents is 1. The lowest BCUT2D eigenvalue weighted by atomic mass is 10.0. The van der Waals surface area contributed by atoms with Gasteiger partial charge in [-0.2, -0.15) is 0 Å². The van der Waals surface area contributed by atoms with Gasteiger partial charge in [0, 0.05) is 6.07 Å². The highest BCUT2D eigenvalue weighted by atomic mass is 16.6. The zero-order valence-electron chi connectivity index (χ0n) is 12.1. The number of nitro groups is 1. The standard InChI is InChI=1S/C16H18N2O3/c1-11(2)13-4-6-14(7-5-13)21-10-12-3-8-15(17)16(9-12)18(19)20/h3-9,11H,10,17H2,1-2H3. The van der Waals surface area contributed by atoms with Crippen LogP contribution in [0.2, 0.25) is 0 Å². The molecule has 5 nitrogen and oxygen atoms in total. The number of rotatable bonds is 5. The zero-order valence-corrected chi connectivity index (χ0v) is 12.1. The molecule has 0 heterocycles. The van der Waals surface area contributed by atoms with Crippen molar-refractivity contribution in [1.82, 2.24) is 0 Å². The number of hydrogen-bond acceptors (Lipinski definition) is 4. The Balaban J connectivity index is 2.06. The van der Waals surface area contributed by atoms with Gasteiger partial charge in [-0.25, -0.2) is 0 Å². The van der Waals surface area contributed by atoms with Gasteiger partial charge in [0.1, 0.15) is 18.0 Å². The predicted octanol–water partition coefficient (Wildman–Crippen LogP) is 3.88. The minimum Gasteiger partial charge on any atom is -0.489 e. The van der Waals surface area contributed by atoms with Crippen LogP contribution in [0.15, 0.2) is 42.5 Å². The van der Waals surface area contributed by atoms with Crippen LogP contribution in [0, 0.1) is 10.1 Å². The zero-order chi connectivity index (χ0) is 15.4. The minimum atomic E-state index is -0.490. The molecule has 0 aliphatic carbocycles. The van der Waals surface area contributed by atoms with Crippen molar-refractivity contribution < 1.29 is 9.66 Å². The molecule has 0 fully saturated rings. The van der Waals surface area contributed by atoms with E-state index in [-0.39, 0.29) is 18.0 Å². The summed E-state index contributed by atoms with van der Waals surface area (Å²) in [5, 5.41) is 10.8. The van der Waals surface area contributed by atoms with Crippen molar-refractivity contribution in [2.45, 2.75) is 26.4 Å². The van der Waals surface area contributed by atoms with Gasteiger partial charge in [-0.15, -0.1) is 0 Å². The van der Waals surface area contributed by atoms with Crippen molar-refractivity contribution in [3.63, 3.8) is 0 Å². The van der Waals surface area contributed by atoms with E-state index in [0.29, 0.717) is 11.5 Å². The monoisotopic (exact) mass is 286 g/mol. The molecule has 0 atom stereocenters. The van der Waals surface area contributed by atoms with E-state index in [9.17, 15) is 10.1 Å².